The van der Waals surface area contributed by atoms with Crippen molar-refractivity contribution in [2.45, 2.75) is 26.8 Å². The Bertz CT molecular complexity index is 541. The molecule has 0 spiro atoms. The van der Waals surface area contributed by atoms with E-state index in [9.17, 15) is 4.79 Å². The Kier molecular flexibility index (Phi) is 3.09. The van der Waals surface area contributed by atoms with Gasteiger partial charge in [-0.25, -0.2) is 0 Å². The van der Waals surface area contributed by atoms with E-state index in [0.29, 0.717) is 11.6 Å². The first-order valence-corrected chi connectivity index (χ1v) is 5.73. The van der Waals surface area contributed by atoms with Gasteiger partial charge >= 0.3 is 0 Å². The Morgan fingerprint density at radius 3 is 2.71 bits per heavy atom. The molecule has 3 heteroatoms. The van der Waals surface area contributed by atoms with E-state index >= 15 is 0 Å². The zero-order valence-corrected chi connectivity index (χ0v) is 10.3. The third kappa shape index (κ3) is 2.28. The lowest BCUT2D eigenvalue weighted by atomic mass is 10.1. The fraction of sp³-hybridized carbons (Fsp3) is 0.286. The van der Waals surface area contributed by atoms with Gasteiger partial charge in [-0.15, -0.1) is 0 Å². The van der Waals surface area contributed by atoms with E-state index in [-0.39, 0.29) is 0 Å². The van der Waals surface area contributed by atoms with Crippen LogP contribution in [0, 0.1) is 6.92 Å². The highest BCUT2D eigenvalue weighted by Gasteiger charge is 2.10. The molecule has 0 N–H and O–H groups in total. The van der Waals surface area contributed by atoms with Gasteiger partial charge in [0.25, 0.3) is 0 Å². The van der Waals surface area contributed by atoms with Crippen LogP contribution in [-0.4, -0.2) is 16.1 Å². The van der Waals surface area contributed by atoms with Gasteiger partial charge in [-0.3, -0.25) is 9.48 Å². The van der Waals surface area contributed by atoms with Gasteiger partial charge < -0.3 is 0 Å². The van der Waals surface area contributed by atoms with Crippen LogP contribution in [-0.2, 0) is 0 Å². The van der Waals surface area contributed by atoms with Crippen molar-refractivity contribution in [3.8, 4) is 11.3 Å². The summed E-state index contributed by atoms with van der Waals surface area (Å²) in [6, 6.07) is 9.94. The molecule has 0 fully saturated rings. The molecule has 0 unspecified atom stereocenters. The van der Waals surface area contributed by atoms with E-state index in [1.807, 2.05) is 35.9 Å². The van der Waals surface area contributed by atoms with Gasteiger partial charge in [-0.05, 0) is 32.9 Å². The average Bonchev–Trinajstić information content (AvgIpc) is 2.72. The van der Waals surface area contributed by atoms with Crippen LogP contribution in [0.25, 0.3) is 11.3 Å². The number of hydrogen-bond acceptors (Lipinski definition) is 2. The molecule has 0 aliphatic heterocycles. The average molecular weight is 228 g/mol. The number of carbonyl (C=O) groups excluding carboxylic acids is 1. The summed E-state index contributed by atoms with van der Waals surface area (Å²) in [6.45, 7) is 6.17. The standard InChI is InChI=1S/C14H16N2O/c1-10(2)16-14(7-11(3)15-16)13-6-4-5-12(8-13)9-17/h4-10H,1-3H3. The quantitative estimate of drug-likeness (QED) is 0.756. The van der Waals surface area contributed by atoms with Crippen molar-refractivity contribution in [1.29, 1.82) is 0 Å². The maximum Gasteiger partial charge on any atom is 0.150 e. The first-order valence-electron chi connectivity index (χ1n) is 5.73. The molecule has 0 aliphatic rings. The molecular weight excluding hydrogens is 212 g/mol. The van der Waals surface area contributed by atoms with Crippen LogP contribution in [0.1, 0.15) is 35.9 Å². The minimum atomic E-state index is 0.304. The summed E-state index contributed by atoms with van der Waals surface area (Å²) >= 11 is 0. The molecule has 2 aromatic rings. The smallest absolute Gasteiger partial charge is 0.150 e. The second-order valence-corrected chi connectivity index (χ2v) is 4.45. The number of hydrogen-bond donors (Lipinski definition) is 0. The van der Waals surface area contributed by atoms with Crippen LogP contribution in [0.4, 0.5) is 0 Å². The predicted octanol–water partition coefficient (Wildman–Crippen LogP) is 3.25. The summed E-state index contributed by atoms with van der Waals surface area (Å²) < 4.78 is 1.99. The van der Waals surface area contributed by atoms with Gasteiger partial charge in [0.15, 0.2) is 0 Å². The molecule has 3 nitrogen and oxygen atoms in total. The van der Waals surface area contributed by atoms with Gasteiger partial charge in [0, 0.05) is 17.2 Å². The summed E-state index contributed by atoms with van der Waals surface area (Å²) in [6.07, 6.45) is 0.867. The van der Waals surface area contributed by atoms with Crippen molar-refractivity contribution in [2.75, 3.05) is 0 Å². The summed E-state index contributed by atoms with van der Waals surface area (Å²) in [5.74, 6) is 0. The second kappa shape index (κ2) is 4.53. The molecule has 0 aliphatic carbocycles. The minimum Gasteiger partial charge on any atom is -0.298 e. The molecule has 0 atom stereocenters. The number of rotatable bonds is 3. The van der Waals surface area contributed by atoms with Crippen LogP contribution in [0.15, 0.2) is 30.3 Å². The lowest BCUT2D eigenvalue weighted by Crippen LogP contribution is -2.05. The van der Waals surface area contributed by atoms with Crippen molar-refractivity contribution in [1.82, 2.24) is 9.78 Å². The Morgan fingerprint density at radius 2 is 2.06 bits per heavy atom. The van der Waals surface area contributed by atoms with Crippen LogP contribution >= 0.6 is 0 Å². The second-order valence-electron chi connectivity index (χ2n) is 4.45. The highest BCUT2D eigenvalue weighted by atomic mass is 16.1. The Hall–Kier alpha value is -1.90. The molecule has 1 heterocycles. The monoisotopic (exact) mass is 228 g/mol. The molecule has 0 radical (unpaired) electrons. The Balaban J connectivity index is 2.55. The molecule has 0 saturated heterocycles. The van der Waals surface area contributed by atoms with Crippen LogP contribution in [0.2, 0.25) is 0 Å². The number of nitrogens with zero attached hydrogens (tertiary/aromatic N) is 2. The molecule has 0 amide bonds. The lowest BCUT2D eigenvalue weighted by Gasteiger charge is -2.11. The number of aryl methyl sites for hydroxylation is 1. The van der Waals surface area contributed by atoms with Crippen molar-refractivity contribution >= 4 is 6.29 Å². The summed E-state index contributed by atoms with van der Waals surface area (Å²) in [7, 11) is 0. The topological polar surface area (TPSA) is 34.9 Å². The third-order valence-corrected chi connectivity index (χ3v) is 2.67. The first kappa shape index (κ1) is 11.6. The molecule has 17 heavy (non-hydrogen) atoms. The summed E-state index contributed by atoms with van der Waals surface area (Å²) in [4.78, 5) is 10.8. The Morgan fingerprint density at radius 1 is 1.29 bits per heavy atom. The lowest BCUT2D eigenvalue weighted by molar-refractivity contribution is 0.112. The normalized spacial score (nSPS) is 10.8. The van der Waals surface area contributed by atoms with Crippen LogP contribution in [0.5, 0.6) is 0 Å². The molecular formula is C14H16N2O. The van der Waals surface area contributed by atoms with Gasteiger partial charge in [0.05, 0.1) is 11.4 Å². The van der Waals surface area contributed by atoms with E-state index < -0.39 is 0 Å². The molecule has 1 aromatic heterocycles. The van der Waals surface area contributed by atoms with E-state index in [0.717, 1.165) is 23.2 Å². The number of carbonyl (C=O) groups is 1. The van der Waals surface area contributed by atoms with E-state index in [1.54, 1.807) is 6.07 Å². The zero-order valence-electron chi connectivity index (χ0n) is 10.3. The van der Waals surface area contributed by atoms with E-state index in [1.165, 1.54) is 0 Å². The maximum absolute atomic E-state index is 10.8. The predicted molar refractivity (Wildman–Crippen MR) is 68.2 cm³/mol. The number of benzene rings is 1. The zero-order chi connectivity index (χ0) is 12.4. The SMILES string of the molecule is Cc1cc(-c2cccc(C=O)c2)n(C(C)C)n1. The highest BCUT2D eigenvalue weighted by molar-refractivity contribution is 5.78. The van der Waals surface area contributed by atoms with Gasteiger partial charge in [-0.2, -0.15) is 5.10 Å². The van der Waals surface area contributed by atoms with Gasteiger partial charge in [0.2, 0.25) is 0 Å². The molecule has 0 bridgehead atoms. The van der Waals surface area contributed by atoms with Crippen LogP contribution < -0.4 is 0 Å². The van der Waals surface area contributed by atoms with Crippen molar-refractivity contribution in [3.63, 3.8) is 0 Å². The van der Waals surface area contributed by atoms with Gasteiger partial charge in [-0.1, -0.05) is 18.2 Å². The molecule has 1 aromatic carbocycles. The molecule has 0 saturated carbocycles. The molecule has 88 valence electrons. The summed E-state index contributed by atoms with van der Waals surface area (Å²) in [5, 5.41) is 4.47. The number of aldehydes is 1. The van der Waals surface area contributed by atoms with E-state index in [4.69, 9.17) is 0 Å². The van der Waals surface area contributed by atoms with Crippen molar-refractivity contribution < 1.29 is 4.79 Å². The molecule has 2 rings (SSSR count). The van der Waals surface area contributed by atoms with Crippen molar-refractivity contribution in [2.24, 2.45) is 0 Å². The largest absolute Gasteiger partial charge is 0.298 e. The fourth-order valence-corrected chi connectivity index (χ4v) is 1.90. The minimum absolute atomic E-state index is 0.304. The summed E-state index contributed by atoms with van der Waals surface area (Å²) in [5.41, 5.74) is 3.77. The Labute approximate surface area is 101 Å². The number of aromatic nitrogens is 2. The third-order valence-electron chi connectivity index (χ3n) is 2.67. The maximum atomic E-state index is 10.8. The van der Waals surface area contributed by atoms with E-state index in [2.05, 4.69) is 18.9 Å². The first-order chi connectivity index (χ1) is 8.11. The highest BCUT2D eigenvalue weighted by Crippen LogP contribution is 2.24. The van der Waals surface area contributed by atoms with Gasteiger partial charge in [0.1, 0.15) is 6.29 Å². The fourth-order valence-electron chi connectivity index (χ4n) is 1.90. The van der Waals surface area contributed by atoms with Crippen molar-refractivity contribution in [3.05, 3.63) is 41.6 Å². The van der Waals surface area contributed by atoms with Crippen LogP contribution in [0.3, 0.4) is 0 Å².